The number of aryl methyl sites for hydroxylation is 2. The summed E-state index contributed by atoms with van der Waals surface area (Å²) in [4.78, 5) is 18.7. The molecule has 10 heteroatoms. The third-order valence-corrected chi connectivity index (χ3v) is 10.1. The number of methoxy groups -OCH3 is 1. The summed E-state index contributed by atoms with van der Waals surface area (Å²) in [5.41, 5.74) is 8.02. The molecule has 0 saturated heterocycles. The van der Waals surface area contributed by atoms with Crippen LogP contribution in [0.25, 0.3) is 11.0 Å². The summed E-state index contributed by atoms with van der Waals surface area (Å²) in [5.74, 6) is 0.843. The van der Waals surface area contributed by atoms with Crippen LogP contribution in [-0.2, 0) is 26.1 Å². The van der Waals surface area contributed by atoms with E-state index in [0.29, 0.717) is 6.54 Å². The number of pyridine rings is 1. The molecule has 2 N–H and O–H groups in total. The average Bonchev–Trinajstić information content (AvgIpc) is 3.53. The van der Waals surface area contributed by atoms with E-state index < -0.39 is 6.09 Å². The fraction of sp³-hybridized carbons (Fsp3) is 0.500. The first-order valence-electron chi connectivity index (χ1n) is 15.0. The second-order valence-electron chi connectivity index (χ2n) is 12.7. The molecule has 4 heterocycles. The number of carbonyl (C=O) groups is 1. The average molecular weight is 570 g/mol. The lowest BCUT2D eigenvalue weighted by molar-refractivity contribution is 0.00945. The predicted octanol–water partition coefficient (Wildman–Crippen LogP) is 5.22. The lowest BCUT2D eigenvalue weighted by atomic mass is 9.57. The van der Waals surface area contributed by atoms with Gasteiger partial charge in [-0.1, -0.05) is 12.1 Å². The molecule has 1 aliphatic heterocycles. The number of aromatic nitrogens is 5. The fourth-order valence-corrected chi connectivity index (χ4v) is 7.67. The fourth-order valence-electron chi connectivity index (χ4n) is 7.67. The van der Waals surface area contributed by atoms with Crippen molar-refractivity contribution in [2.75, 3.05) is 18.6 Å². The number of rotatable bonds is 7. The van der Waals surface area contributed by atoms with Gasteiger partial charge < -0.3 is 20.1 Å². The first-order chi connectivity index (χ1) is 20.3. The number of hydrogen-bond donors (Lipinski definition) is 2. The van der Waals surface area contributed by atoms with Gasteiger partial charge in [0.1, 0.15) is 5.75 Å². The van der Waals surface area contributed by atoms with Crippen LogP contribution in [0, 0.1) is 19.3 Å². The second kappa shape index (κ2) is 10.0. The highest BCUT2D eigenvalue weighted by Gasteiger charge is 2.49. The normalized spacial score (nSPS) is 23.3. The number of fused-ring (bicyclic) bond motifs is 5. The monoisotopic (exact) mass is 569 g/mol. The minimum absolute atomic E-state index is 0.218. The van der Waals surface area contributed by atoms with E-state index in [0.717, 1.165) is 98.3 Å². The number of benzene rings is 1. The molecular formula is C32H39N7O3. The maximum Gasteiger partial charge on any atom is 0.405 e. The summed E-state index contributed by atoms with van der Waals surface area (Å²) in [6.07, 6.45) is 7.97. The van der Waals surface area contributed by atoms with E-state index in [9.17, 15) is 9.90 Å². The Morgan fingerprint density at radius 3 is 2.50 bits per heavy atom. The first kappa shape index (κ1) is 26.8. The molecule has 4 aliphatic rings. The van der Waals surface area contributed by atoms with Gasteiger partial charge in [0.25, 0.3) is 0 Å². The van der Waals surface area contributed by atoms with E-state index in [4.69, 9.17) is 19.9 Å². The van der Waals surface area contributed by atoms with Crippen LogP contribution in [0.5, 0.6) is 5.75 Å². The number of nitrogens with one attached hydrogen (secondary N) is 1. The van der Waals surface area contributed by atoms with Gasteiger partial charge in [0, 0.05) is 48.5 Å². The molecule has 4 aromatic rings. The Labute approximate surface area is 245 Å². The quantitative estimate of drug-likeness (QED) is 0.314. The Morgan fingerprint density at radius 2 is 1.81 bits per heavy atom. The van der Waals surface area contributed by atoms with Crippen molar-refractivity contribution < 1.29 is 14.6 Å². The highest BCUT2D eigenvalue weighted by Crippen LogP contribution is 2.53. The Morgan fingerprint density at radius 1 is 1.07 bits per heavy atom. The molecule has 10 nitrogen and oxygen atoms in total. The minimum Gasteiger partial charge on any atom is -0.497 e. The SMILES string of the molecule is COc1ccc(Cn2ncc3c(N4CCc5c(c(C)nn5CC56CCC(NC(=O)O)(CC5)CC6)C4)cc(C)nc32)cc1. The maximum absolute atomic E-state index is 11.4. The molecular weight excluding hydrogens is 530 g/mol. The van der Waals surface area contributed by atoms with Gasteiger partial charge in [0.2, 0.25) is 0 Å². The van der Waals surface area contributed by atoms with Gasteiger partial charge >= 0.3 is 6.09 Å². The van der Waals surface area contributed by atoms with Crippen LogP contribution in [-0.4, -0.2) is 54.9 Å². The van der Waals surface area contributed by atoms with Crippen molar-refractivity contribution in [3.8, 4) is 5.75 Å². The molecule has 0 unspecified atom stereocenters. The van der Waals surface area contributed by atoms with Gasteiger partial charge in [-0.2, -0.15) is 10.2 Å². The zero-order valence-electron chi connectivity index (χ0n) is 24.7. The molecule has 42 heavy (non-hydrogen) atoms. The highest BCUT2D eigenvalue weighted by atomic mass is 16.5. The third kappa shape index (κ3) is 4.66. The molecule has 220 valence electrons. The lowest BCUT2D eigenvalue weighted by Crippen LogP contribution is -2.57. The molecule has 0 spiro atoms. The third-order valence-electron chi connectivity index (χ3n) is 10.1. The molecule has 3 saturated carbocycles. The predicted molar refractivity (Wildman–Crippen MR) is 160 cm³/mol. The van der Waals surface area contributed by atoms with Gasteiger partial charge in [0.15, 0.2) is 5.65 Å². The van der Waals surface area contributed by atoms with Crippen molar-refractivity contribution >= 4 is 22.8 Å². The number of anilines is 1. The summed E-state index contributed by atoms with van der Waals surface area (Å²) < 4.78 is 9.59. The van der Waals surface area contributed by atoms with Crippen molar-refractivity contribution in [1.29, 1.82) is 0 Å². The van der Waals surface area contributed by atoms with E-state index in [1.807, 2.05) is 23.0 Å². The lowest BCUT2D eigenvalue weighted by Gasteiger charge is -2.53. The van der Waals surface area contributed by atoms with Crippen LogP contribution in [0.1, 0.15) is 66.7 Å². The number of hydrogen-bond acceptors (Lipinski definition) is 6. The minimum atomic E-state index is -0.892. The van der Waals surface area contributed by atoms with Gasteiger partial charge in [-0.05, 0) is 81.5 Å². The molecule has 1 aromatic carbocycles. The van der Waals surface area contributed by atoms with Gasteiger partial charge in [-0.25, -0.2) is 14.5 Å². The Kier molecular flexibility index (Phi) is 6.40. The van der Waals surface area contributed by atoms with E-state index in [1.165, 1.54) is 16.9 Å². The van der Waals surface area contributed by atoms with Crippen LogP contribution in [0.4, 0.5) is 10.5 Å². The summed E-state index contributed by atoms with van der Waals surface area (Å²) in [5, 5.41) is 23.1. The Bertz CT molecular complexity index is 1630. The van der Waals surface area contributed by atoms with E-state index >= 15 is 0 Å². The van der Waals surface area contributed by atoms with Crippen molar-refractivity contribution in [3.05, 3.63) is 64.7 Å². The summed E-state index contributed by atoms with van der Waals surface area (Å²) in [6, 6.07) is 10.3. The molecule has 0 atom stereocenters. The maximum atomic E-state index is 11.4. The van der Waals surface area contributed by atoms with E-state index in [2.05, 4.69) is 46.9 Å². The first-order valence-corrected chi connectivity index (χ1v) is 15.0. The largest absolute Gasteiger partial charge is 0.497 e. The Balaban J connectivity index is 1.11. The molecule has 8 rings (SSSR count). The standard InChI is InChI=1S/C32H39N7O3/c1-21-16-28(25-17-33-38(29(25)34-21)18-23-4-6-24(42-3)7-5-23)37-15-8-27-26(19-37)22(2)36-39(27)20-31-9-12-32(13-10-31,14-11-31)35-30(40)41/h4-7,16-17,35H,8-15,18-20H2,1-3H3,(H,40,41). The number of carboxylic acid groups (broad SMARTS) is 1. The van der Waals surface area contributed by atoms with Crippen molar-refractivity contribution in [3.63, 3.8) is 0 Å². The molecule has 3 aromatic heterocycles. The Hall–Kier alpha value is -4.08. The van der Waals surface area contributed by atoms with E-state index in [1.54, 1.807) is 7.11 Å². The second-order valence-corrected chi connectivity index (χ2v) is 12.7. The van der Waals surface area contributed by atoms with Crippen LogP contribution >= 0.6 is 0 Å². The number of ether oxygens (including phenoxy) is 1. The van der Waals surface area contributed by atoms with Crippen LogP contribution in [0.15, 0.2) is 36.5 Å². The summed E-state index contributed by atoms with van der Waals surface area (Å²) >= 11 is 0. The van der Waals surface area contributed by atoms with Crippen LogP contribution < -0.4 is 15.0 Å². The molecule has 0 radical (unpaired) electrons. The van der Waals surface area contributed by atoms with Crippen molar-refractivity contribution in [2.24, 2.45) is 5.41 Å². The van der Waals surface area contributed by atoms with Gasteiger partial charge in [-0.15, -0.1) is 0 Å². The number of amides is 1. The van der Waals surface area contributed by atoms with Gasteiger partial charge in [0.05, 0.1) is 36.6 Å². The van der Waals surface area contributed by atoms with Crippen molar-refractivity contribution in [2.45, 2.75) is 84.0 Å². The molecule has 2 bridgehead atoms. The zero-order chi connectivity index (χ0) is 29.1. The van der Waals surface area contributed by atoms with E-state index in [-0.39, 0.29) is 11.0 Å². The highest BCUT2D eigenvalue weighted by molar-refractivity contribution is 5.90. The van der Waals surface area contributed by atoms with Crippen molar-refractivity contribution in [1.82, 2.24) is 29.9 Å². The molecule has 3 aliphatic carbocycles. The summed E-state index contributed by atoms with van der Waals surface area (Å²) in [6.45, 7) is 7.51. The van der Waals surface area contributed by atoms with Gasteiger partial charge in [-0.3, -0.25) is 4.68 Å². The van der Waals surface area contributed by atoms with Crippen LogP contribution in [0.3, 0.4) is 0 Å². The smallest absolute Gasteiger partial charge is 0.405 e. The topological polar surface area (TPSA) is 110 Å². The van der Waals surface area contributed by atoms with Crippen LogP contribution in [0.2, 0.25) is 0 Å². The number of nitrogens with zero attached hydrogens (tertiary/aromatic N) is 6. The molecule has 3 fully saturated rings. The molecule has 1 amide bonds. The summed E-state index contributed by atoms with van der Waals surface area (Å²) in [7, 11) is 1.68. The zero-order valence-corrected chi connectivity index (χ0v) is 24.7.